The summed E-state index contributed by atoms with van der Waals surface area (Å²) in [5.41, 5.74) is 16.0. The van der Waals surface area contributed by atoms with E-state index in [1.165, 1.54) is 63.8 Å². The maximum atomic E-state index is 9.82. The van der Waals surface area contributed by atoms with E-state index in [2.05, 4.69) is 109 Å². The molecule has 1 saturated carbocycles. The smallest absolute Gasteiger partial charge is 0.164 e. The fourth-order valence-corrected chi connectivity index (χ4v) is 9.05. The van der Waals surface area contributed by atoms with Gasteiger partial charge in [-0.15, -0.1) is 0 Å². The molecule has 1 heterocycles. The van der Waals surface area contributed by atoms with Crippen LogP contribution in [0.4, 0.5) is 0 Å². The Hall–Kier alpha value is -6.96. The van der Waals surface area contributed by atoms with E-state index in [0.29, 0.717) is 17.5 Å². The molecule has 10 rings (SSSR count). The van der Waals surface area contributed by atoms with Gasteiger partial charge in [0.05, 0.1) is 11.6 Å². The van der Waals surface area contributed by atoms with Crippen molar-refractivity contribution in [1.82, 2.24) is 15.0 Å². The van der Waals surface area contributed by atoms with E-state index in [-0.39, 0.29) is 5.41 Å². The van der Waals surface area contributed by atoms with Crippen molar-refractivity contribution in [1.29, 1.82) is 5.26 Å². The molecule has 0 unspecified atom stereocenters. The Morgan fingerprint density at radius 1 is 0.393 bits per heavy atom. The zero-order valence-electron chi connectivity index (χ0n) is 31.0. The Morgan fingerprint density at radius 3 is 1.52 bits per heavy atom. The Bertz CT molecular complexity index is 2720. The Kier molecular flexibility index (Phi) is 8.42. The van der Waals surface area contributed by atoms with Crippen LogP contribution in [-0.4, -0.2) is 15.0 Å². The zero-order chi connectivity index (χ0) is 37.5. The molecule has 0 amide bonds. The standard InChI is InChI=1S/C52H38N4/c53-34-35-23-28-45-47(31-35)52(29-8-3-9-30-52)46-22-12-21-44(48(45)46)42-19-10-17-40(32-42)36-24-26-37(27-25-36)41-18-11-20-43(33-41)51-55-49(38-13-4-1-5-14-38)54-50(56-51)39-15-6-2-7-16-39/h1-2,4-7,10-28,31-33H,3,8-9,29-30H2. The van der Waals surface area contributed by atoms with Crippen molar-refractivity contribution >= 4 is 0 Å². The van der Waals surface area contributed by atoms with Crippen molar-refractivity contribution in [2.75, 3.05) is 0 Å². The third kappa shape index (κ3) is 5.90. The molecule has 56 heavy (non-hydrogen) atoms. The summed E-state index contributed by atoms with van der Waals surface area (Å²) in [5, 5.41) is 9.82. The molecule has 4 nitrogen and oxygen atoms in total. The highest BCUT2D eigenvalue weighted by molar-refractivity contribution is 5.94. The van der Waals surface area contributed by atoms with Crippen LogP contribution < -0.4 is 0 Å². The number of hydrogen-bond donors (Lipinski definition) is 0. The number of benzene rings is 7. The van der Waals surface area contributed by atoms with Crippen LogP contribution in [0.15, 0.2) is 170 Å². The van der Waals surface area contributed by atoms with E-state index >= 15 is 0 Å². The van der Waals surface area contributed by atoms with Crippen molar-refractivity contribution in [3.63, 3.8) is 0 Å². The van der Waals surface area contributed by atoms with Gasteiger partial charge in [0, 0.05) is 22.1 Å². The highest BCUT2D eigenvalue weighted by atomic mass is 15.0. The molecule has 2 aliphatic carbocycles. The van der Waals surface area contributed by atoms with E-state index in [9.17, 15) is 5.26 Å². The molecular formula is C52H38N4. The molecule has 7 aromatic carbocycles. The SMILES string of the molecule is N#Cc1ccc2c(c1)C1(CCCCC1)c1cccc(-c3cccc(-c4ccc(-c5cccc(-c6nc(-c7ccccc7)nc(-c7ccccc7)n6)c5)cc4)c3)c1-2. The van der Waals surface area contributed by atoms with Crippen molar-refractivity contribution < 1.29 is 0 Å². The Balaban J connectivity index is 0.983. The van der Waals surface area contributed by atoms with Gasteiger partial charge in [-0.3, -0.25) is 0 Å². The summed E-state index contributed by atoms with van der Waals surface area (Å²) in [4.78, 5) is 14.8. The first-order valence-electron chi connectivity index (χ1n) is 19.5. The molecule has 1 spiro atoms. The van der Waals surface area contributed by atoms with Crippen molar-refractivity contribution in [3.8, 4) is 84.7 Å². The quantitative estimate of drug-likeness (QED) is 0.172. The third-order valence-corrected chi connectivity index (χ3v) is 11.8. The molecule has 1 aromatic heterocycles. The molecule has 266 valence electrons. The molecule has 0 bridgehead atoms. The maximum absolute atomic E-state index is 9.82. The molecule has 2 aliphatic rings. The van der Waals surface area contributed by atoms with Crippen LogP contribution in [0.3, 0.4) is 0 Å². The third-order valence-electron chi connectivity index (χ3n) is 11.8. The van der Waals surface area contributed by atoms with E-state index in [1.54, 1.807) is 0 Å². The van der Waals surface area contributed by atoms with Gasteiger partial charge in [-0.25, -0.2) is 15.0 Å². The minimum Gasteiger partial charge on any atom is -0.208 e. The number of fused-ring (bicyclic) bond motifs is 5. The largest absolute Gasteiger partial charge is 0.208 e. The number of nitriles is 1. The van der Waals surface area contributed by atoms with Crippen LogP contribution in [0, 0.1) is 11.3 Å². The summed E-state index contributed by atoms with van der Waals surface area (Å²) in [6.45, 7) is 0. The average Bonchev–Trinajstić information content (AvgIpc) is 3.55. The summed E-state index contributed by atoms with van der Waals surface area (Å²) in [5.74, 6) is 1.94. The predicted molar refractivity (Wildman–Crippen MR) is 226 cm³/mol. The van der Waals surface area contributed by atoms with E-state index in [1.807, 2.05) is 66.7 Å². The van der Waals surface area contributed by atoms with E-state index < -0.39 is 0 Å². The fourth-order valence-electron chi connectivity index (χ4n) is 9.05. The van der Waals surface area contributed by atoms with Crippen LogP contribution in [0.25, 0.3) is 78.7 Å². The van der Waals surface area contributed by atoms with Crippen LogP contribution in [-0.2, 0) is 5.41 Å². The molecule has 4 heteroatoms. The van der Waals surface area contributed by atoms with Gasteiger partial charge in [0.2, 0.25) is 0 Å². The monoisotopic (exact) mass is 718 g/mol. The molecule has 0 radical (unpaired) electrons. The van der Waals surface area contributed by atoms with Gasteiger partial charge < -0.3 is 0 Å². The minimum absolute atomic E-state index is 0.00553. The molecule has 8 aromatic rings. The number of aromatic nitrogens is 3. The van der Waals surface area contributed by atoms with Crippen LogP contribution in [0.1, 0.15) is 48.8 Å². The Labute approximate surface area is 327 Å². The fraction of sp³-hybridized carbons (Fsp3) is 0.115. The minimum atomic E-state index is -0.00553. The first kappa shape index (κ1) is 33.6. The van der Waals surface area contributed by atoms with Crippen LogP contribution in [0.5, 0.6) is 0 Å². The van der Waals surface area contributed by atoms with Gasteiger partial charge in [0.15, 0.2) is 17.5 Å². The summed E-state index contributed by atoms with van der Waals surface area (Å²) >= 11 is 0. The number of nitrogens with zero attached hydrogens (tertiary/aromatic N) is 4. The summed E-state index contributed by atoms with van der Waals surface area (Å²) in [6.07, 6.45) is 6.00. The normalized spacial score (nSPS) is 13.8. The van der Waals surface area contributed by atoms with Gasteiger partial charge >= 0.3 is 0 Å². The van der Waals surface area contributed by atoms with Crippen LogP contribution in [0.2, 0.25) is 0 Å². The molecule has 0 N–H and O–H groups in total. The second-order valence-electron chi connectivity index (χ2n) is 15.0. The van der Waals surface area contributed by atoms with Gasteiger partial charge in [-0.2, -0.15) is 5.26 Å². The van der Waals surface area contributed by atoms with Gasteiger partial charge in [0.1, 0.15) is 0 Å². The molecule has 1 fully saturated rings. The number of rotatable bonds is 6. The number of hydrogen-bond acceptors (Lipinski definition) is 4. The second kappa shape index (κ2) is 14.0. The molecule has 0 atom stereocenters. The van der Waals surface area contributed by atoms with E-state index in [4.69, 9.17) is 15.0 Å². The van der Waals surface area contributed by atoms with E-state index in [0.717, 1.165) is 46.2 Å². The highest BCUT2D eigenvalue weighted by Gasteiger charge is 2.44. The summed E-state index contributed by atoms with van der Waals surface area (Å²) < 4.78 is 0. The van der Waals surface area contributed by atoms with Gasteiger partial charge in [-0.1, -0.05) is 165 Å². The first-order valence-corrected chi connectivity index (χ1v) is 19.5. The summed E-state index contributed by atoms with van der Waals surface area (Å²) in [6, 6.07) is 62.0. The first-order chi connectivity index (χ1) is 27.7. The molecular weight excluding hydrogens is 681 g/mol. The molecule has 0 aliphatic heterocycles. The average molecular weight is 719 g/mol. The lowest BCUT2D eigenvalue weighted by Crippen LogP contribution is -2.28. The zero-order valence-corrected chi connectivity index (χ0v) is 31.0. The van der Waals surface area contributed by atoms with Crippen molar-refractivity contribution in [2.24, 2.45) is 0 Å². The van der Waals surface area contributed by atoms with Gasteiger partial charge in [-0.05, 0) is 92.7 Å². The molecule has 0 saturated heterocycles. The summed E-state index contributed by atoms with van der Waals surface area (Å²) in [7, 11) is 0. The lowest BCUT2D eigenvalue weighted by atomic mass is 9.67. The van der Waals surface area contributed by atoms with Crippen molar-refractivity contribution in [2.45, 2.75) is 37.5 Å². The lowest BCUT2D eigenvalue weighted by molar-refractivity contribution is 0.353. The van der Waals surface area contributed by atoms with Gasteiger partial charge in [0.25, 0.3) is 0 Å². The topological polar surface area (TPSA) is 62.5 Å². The predicted octanol–water partition coefficient (Wildman–Crippen LogP) is 13.0. The van der Waals surface area contributed by atoms with Crippen molar-refractivity contribution in [3.05, 3.63) is 187 Å². The maximum Gasteiger partial charge on any atom is 0.164 e. The lowest BCUT2D eigenvalue weighted by Gasteiger charge is -2.36. The highest BCUT2D eigenvalue weighted by Crippen LogP contribution is 2.58. The Morgan fingerprint density at radius 2 is 0.911 bits per heavy atom. The van der Waals surface area contributed by atoms with Crippen LogP contribution >= 0.6 is 0 Å². The second-order valence-corrected chi connectivity index (χ2v) is 15.0.